The molecule has 0 saturated carbocycles. The van der Waals surface area contributed by atoms with Crippen molar-refractivity contribution >= 4 is 23.4 Å². The molecule has 0 aromatic carbocycles. The molecule has 1 N–H and O–H groups in total. The maximum atomic E-state index is 11.1. The smallest absolute Gasteiger partial charge is 0.311 e. The molecule has 6 heteroatoms. The van der Waals surface area contributed by atoms with Gasteiger partial charge in [0.15, 0.2) is 11.0 Å². The molecule has 1 saturated heterocycles. The lowest BCUT2D eigenvalue weighted by molar-refractivity contribution is -0.146. The molecule has 16 heavy (non-hydrogen) atoms. The summed E-state index contributed by atoms with van der Waals surface area (Å²) in [6.07, 6.45) is 0.618. The van der Waals surface area contributed by atoms with Crippen molar-refractivity contribution in [2.75, 3.05) is 18.0 Å². The van der Waals surface area contributed by atoms with Gasteiger partial charge < -0.3 is 10.0 Å². The van der Waals surface area contributed by atoms with Crippen LogP contribution in [-0.2, 0) is 4.79 Å². The van der Waals surface area contributed by atoms with Crippen LogP contribution in [0.1, 0.15) is 13.3 Å². The van der Waals surface area contributed by atoms with Crippen LogP contribution in [0.4, 0.5) is 5.82 Å². The van der Waals surface area contributed by atoms with Gasteiger partial charge in [-0.15, -0.1) is 10.2 Å². The summed E-state index contributed by atoms with van der Waals surface area (Å²) in [5, 5.41) is 17.1. The number of aromatic nitrogens is 2. The van der Waals surface area contributed by atoms with Crippen LogP contribution in [0.2, 0.25) is 5.15 Å². The van der Waals surface area contributed by atoms with Crippen LogP contribution in [0.25, 0.3) is 0 Å². The van der Waals surface area contributed by atoms with Crippen molar-refractivity contribution in [2.45, 2.75) is 13.3 Å². The number of rotatable bonds is 2. The number of aliphatic carboxylic acids is 1. The van der Waals surface area contributed by atoms with Crippen molar-refractivity contribution in [2.24, 2.45) is 5.41 Å². The van der Waals surface area contributed by atoms with Crippen LogP contribution in [0, 0.1) is 5.41 Å². The number of hydrogen-bond donors (Lipinski definition) is 1. The molecule has 1 atom stereocenters. The number of nitrogens with zero attached hydrogens (tertiary/aromatic N) is 3. The summed E-state index contributed by atoms with van der Waals surface area (Å²) < 4.78 is 0. The van der Waals surface area contributed by atoms with E-state index in [-0.39, 0.29) is 0 Å². The molecule has 2 heterocycles. The molecule has 0 spiro atoms. The molecule has 1 aliphatic heterocycles. The summed E-state index contributed by atoms with van der Waals surface area (Å²) in [5.41, 5.74) is -0.693. The molecule has 0 radical (unpaired) electrons. The lowest BCUT2D eigenvalue weighted by atomic mass is 9.90. The van der Waals surface area contributed by atoms with E-state index < -0.39 is 11.4 Å². The number of anilines is 1. The van der Waals surface area contributed by atoms with Crippen molar-refractivity contribution in [3.05, 3.63) is 17.3 Å². The van der Waals surface area contributed by atoms with Gasteiger partial charge >= 0.3 is 5.97 Å². The highest BCUT2D eigenvalue weighted by Crippen LogP contribution is 2.32. The molecule has 0 aliphatic carbocycles. The van der Waals surface area contributed by atoms with E-state index in [0.717, 1.165) is 0 Å². The Labute approximate surface area is 98.0 Å². The first-order valence-electron chi connectivity index (χ1n) is 4.99. The van der Waals surface area contributed by atoms with Gasteiger partial charge in [0.05, 0.1) is 5.41 Å². The molecule has 5 nitrogen and oxygen atoms in total. The van der Waals surface area contributed by atoms with Crippen LogP contribution < -0.4 is 4.90 Å². The van der Waals surface area contributed by atoms with Crippen LogP contribution in [0.15, 0.2) is 12.1 Å². The average Bonchev–Trinajstić information content (AvgIpc) is 2.63. The number of carboxylic acids is 1. The first-order valence-corrected chi connectivity index (χ1v) is 5.37. The molecular formula is C10H12ClN3O2. The largest absolute Gasteiger partial charge is 0.481 e. The molecule has 86 valence electrons. The van der Waals surface area contributed by atoms with Gasteiger partial charge in [0.1, 0.15) is 0 Å². The maximum Gasteiger partial charge on any atom is 0.311 e. The first kappa shape index (κ1) is 11.1. The van der Waals surface area contributed by atoms with E-state index in [9.17, 15) is 4.79 Å². The fourth-order valence-corrected chi connectivity index (χ4v) is 1.91. The predicted molar refractivity (Wildman–Crippen MR) is 59.6 cm³/mol. The first-order chi connectivity index (χ1) is 7.51. The van der Waals surface area contributed by atoms with Crippen molar-refractivity contribution in [1.82, 2.24) is 10.2 Å². The highest BCUT2D eigenvalue weighted by Gasteiger charge is 2.40. The number of halogens is 1. The summed E-state index contributed by atoms with van der Waals surface area (Å²) in [6, 6.07) is 3.41. The predicted octanol–water partition coefficient (Wildman–Crippen LogP) is 1.43. The fourth-order valence-electron chi connectivity index (χ4n) is 1.81. The van der Waals surface area contributed by atoms with Crippen molar-refractivity contribution in [3.8, 4) is 0 Å². The maximum absolute atomic E-state index is 11.1. The third kappa shape index (κ3) is 1.95. The second kappa shape index (κ2) is 3.90. The van der Waals surface area contributed by atoms with Gasteiger partial charge in [-0.1, -0.05) is 11.6 Å². The third-order valence-electron chi connectivity index (χ3n) is 2.93. The molecular weight excluding hydrogens is 230 g/mol. The quantitative estimate of drug-likeness (QED) is 0.849. The van der Waals surface area contributed by atoms with E-state index in [1.165, 1.54) is 0 Å². The van der Waals surface area contributed by atoms with Crippen molar-refractivity contribution < 1.29 is 9.90 Å². The van der Waals surface area contributed by atoms with Gasteiger partial charge in [0.25, 0.3) is 0 Å². The van der Waals surface area contributed by atoms with Gasteiger partial charge in [-0.2, -0.15) is 0 Å². The number of hydrogen-bond acceptors (Lipinski definition) is 4. The van der Waals surface area contributed by atoms with Gasteiger partial charge in [-0.3, -0.25) is 4.79 Å². The van der Waals surface area contributed by atoms with E-state index in [1.807, 2.05) is 4.90 Å². The Kier molecular flexibility index (Phi) is 2.71. The molecule has 1 aliphatic rings. The molecule has 1 unspecified atom stereocenters. The van der Waals surface area contributed by atoms with Crippen molar-refractivity contribution in [3.63, 3.8) is 0 Å². The molecule has 1 fully saturated rings. The molecule has 2 rings (SSSR count). The minimum atomic E-state index is -0.767. The van der Waals surface area contributed by atoms with E-state index in [2.05, 4.69) is 10.2 Å². The van der Waals surface area contributed by atoms with Crippen LogP contribution >= 0.6 is 11.6 Å². The third-order valence-corrected chi connectivity index (χ3v) is 3.13. The lowest BCUT2D eigenvalue weighted by Gasteiger charge is -2.20. The Hall–Kier alpha value is -1.36. The fraction of sp³-hybridized carbons (Fsp3) is 0.500. The second-order valence-electron chi connectivity index (χ2n) is 4.25. The SMILES string of the molecule is CC1(C(=O)O)CCN(c2ccc(Cl)nn2)C1. The normalized spacial score (nSPS) is 24.8. The minimum absolute atomic E-state index is 0.337. The summed E-state index contributed by atoms with van der Waals surface area (Å²) in [7, 11) is 0. The van der Waals surface area contributed by atoms with E-state index >= 15 is 0 Å². The summed E-state index contributed by atoms with van der Waals surface area (Å²) >= 11 is 5.64. The summed E-state index contributed by atoms with van der Waals surface area (Å²) in [5.74, 6) is -0.0914. The van der Waals surface area contributed by atoms with E-state index in [4.69, 9.17) is 16.7 Å². The van der Waals surface area contributed by atoms with Gasteiger partial charge in [0.2, 0.25) is 0 Å². The zero-order chi connectivity index (χ0) is 11.8. The van der Waals surface area contributed by atoms with Crippen molar-refractivity contribution in [1.29, 1.82) is 0 Å². The number of carboxylic acid groups (broad SMARTS) is 1. The zero-order valence-corrected chi connectivity index (χ0v) is 9.61. The highest BCUT2D eigenvalue weighted by molar-refractivity contribution is 6.29. The van der Waals surface area contributed by atoms with Gasteiger partial charge in [-0.05, 0) is 25.5 Å². The Balaban J connectivity index is 2.15. The zero-order valence-electron chi connectivity index (χ0n) is 8.85. The molecule has 0 amide bonds. The van der Waals surface area contributed by atoms with E-state index in [1.54, 1.807) is 19.1 Å². The Morgan fingerprint density at radius 3 is 2.81 bits per heavy atom. The van der Waals surface area contributed by atoms with E-state index in [0.29, 0.717) is 30.5 Å². The van der Waals surface area contributed by atoms with Crippen LogP contribution in [-0.4, -0.2) is 34.4 Å². The molecule has 1 aromatic rings. The number of carbonyl (C=O) groups is 1. The Bertz CT molecular complexity index is 409. The van der Waals surface area contributed by atoms with Crippen LogP contribution in [0.3, 0.4) is 0 Å². The average molecular weight is 242 g/mol. The Morgan fingerprint density at radius 1 is 1.56 bits per heavy atom. The summed E-state index contributed by atoms with van der Waals surface area (Å²) in [6.45, 7) is 2.89. The van der Waals surface area contributed by atoms with Crippen LogP contribution in [0.5, 0.6) is 0 Å². The molecule has 0 bridgehead atoms. The van der Waals surface area contributed by atoms with Gasteiger partial charge in [0, 0.05) is 13.1 Å². The minimum Gasteiger partial charge on any atom is -0.481 e. The highest BCUT2D eigenvalue weighted by atomic mass is 35.5. The monoisotopic (exact) mass is 241 g/mol. The lowest BCUT2D eigenvalue weighted by Crippen LogP contribution is -2.32. The Morgan fingerprint density at radius 2 is 2.31 bits per heavy atom. The summed E-state index contributed by atoms with van der Waals surface area (Å²) in [4.78, 5) is 13.0. The standard InChI is InChI=1S/C10H12ClN3O2/c1-10(9(15)16)4-5-14(6-10)8-3-2-7(11)12-13-8/h2-3H,4-6H2,1H3,(H,15,16). The van der Waals surface area contributed by atoms with Gasteiger partial charge in [-0.25, -0.2) is 0 Å². The molecule has 1 aromatic heterocycles. The second-order valence-corrected chi connectivity index (χ2v) is 4.64. The topological polar surface area (TPSA) is 66.3 Å².